The number of pyridine rings is 2. The number of anilines is 4. The third-order valence-corrected chi connectivity index (χ3v) is 12.1. The number of hydrogen-bond acceptors (Lipinski definition) is 9. The molecule has 16 heteroatoms. The van der Waals surface area contributed by atoms with Gasteiger partial charge in [0, 0.05) is 98.4 Å². The van der Waals surface area contributed by atoms with Gasteiger partial charge in [-0.3, -0.25) is 14.3 Å². The Hall–Kier alpha value is -5.61. The molecular weight excluding hydrogens is 729 g/mol. The molecule has 13 nitrogen and oxygen atoms in total. The van der Waals surface area contributed by atoms with Crippen LogP contribution in [0.5, 0.6) is 0 Å². The van der Waals surface area contributed by atoms with Crippen molar-refractivity contribution in [1.82, 2.24) is 24.2 Å². The molecule has 55 heavy (non-hydrogen) atoms. The smallest absolute Gasteiger partial charge is 0.301 e. The lowest BCUT2D eigenvalue weighted by Gasteiger charge is -2.37. The molecule has 0 radical (unpaired) electrons. The van der Waals surface area contributed by atoms with Crippen LogP contribution in [0.3, 0.4) is 0 Å². The summed E-state index contributed by atoms with van der Waals surface area (Å²) in [5, 5.41) is 0.316. The third-order valence-electron chi connectivity index (χ3n) is 10.6. The number of aromatic nitrogens is 3. The van der Waals surface area contributed by atoms with E-state index in [-0.39, 0.29) is 24.6 Å². The quantitative estimate of drug-likeness (QED) is 0.113. The highest BCUT2D eigenvalue weighted by Gasteiger charge is 2.29. The van der Waals surface area contributed by atoms with Gasteiger partial charge >= 0.3 is 10.2 Å². The second kappa shape index (κ2) is 15.6. The highest BCUT2D eigenvalue weighted by molar-refractivity contribution is 7.90. The van der Waals surface area contributed by atoms with E-state index >= 15 is 4.39 Å². The number of halogens is 2. The first-order valence-electron chi connectivity index (χ1n) is 18.3. The number of piperazine rings is 1. The van der Waals surface area contributed by atoms with Crippen molar-refractivity contribution in [3.8, 4) is 11.1 Å². The summed E-state index contributed by atoms with van der Waals surface area (Å²) in [6.07, 6.45) is 7.72. The number of piperidine rings is 1. The molecule has 2 saturated heterocycles. The summed E-state index contributed by atoms with van der Waals surface area (Å²) in [6, 6.07) is 15.1. The van der Waals surface area contributed by atoms with Crippen molar-refractivity contribution in [2.45, 2.75) is 26.2 Å². The number of fused-ring (bicyclic) bond motifs is 1. The number of rotatable bonds is 12. The summed E-state index contributed by atoms with van der Waals surface area (Å²) in [5.74, 6) is -2.15. The van der Waals surface area contributed by atoms with Crippen molar-refractivity contribution in [1.29, 1.82) is 0 Å². The minimum atomic E-state index is -4.14. The average Bonchev–Trinajstić information content (AvgIpc) is 3.62. The molecule has 0 unspecified atom stereocenters. The molecule has 0 atom stereocenters. The van der Waals surface area contributed by atoms with Crippen LogP contribution in [0.25, 0.3) is 22.2 Å². The molecule has 2 fully saturated rings. The van der Waals surface area contributed by atoms with Crippen LogP contribution >= 0.6 is 0 Å². The van der Waals surface area contributed by atoms with Crippen molar-refractivity contribution >= 4 is 55.8 Å². The van der Waals surface area contributed by atoms with E-state index in [1.165, 1.54) is 18.9 Å². The Morgan fingerprint density at radius 1 is 0.982 bits per heavy atom. The summed E-state index contributed by atoms with van der Waals surface area (Å²) in [6.45, 7) is 5.93. The predicted octanol–water partition coefficient (Wildman–Crippen LogP) is 5.28. The zero-order valence-electron chi connectivity index (χ0n) is 30.6. The average molecular weight is 772 g/mol. The van der Waals surface area contributed by atoms with Gasteiger partial charge in [0.25, 0.3) is 0 Å². The molecular formula is C39H43F2N9O4S. The van der Waals surface area contributed by atoms with Crippen LogP contribution in [-0.2, 0) is 15.0 Å². The van der Waals surface area contributed by atoms with Gasteiger partial charge in [0.15, 0.2) is 5.82 Å². The second-order valence-corrected chi connectivity index (χ2v) is 15.8. The van der Waals surface area contributed by atoms with Crippen LogP contribution in [0, 0.1) is 17.6 Å². The maximum atomic E-state index is 15.6. The van der Waals surface area contributed by atoms with E-state index in [1.807, 2.05) is 34.1 Å². The van der Waals surface area contributed by atoms with Crippen molar-refractivity contribution in [3.63, 3.8) is 0 Å². The Kier molecular flexibility index (Phi) is 10.7. The zero-order valence-corrected chi connectivity index (χ0v) is 31.5. The lowest BCUT2D eigenvalue weighted by molar-refractivity contribution is -0.131. The minimum Gasteiger partial charge on any atom is -0.399 e. The molecule has 5 heterocycles. The highest BCUT2D eigenvalue weighted by atomic mass is 32.2. The number of carbonyl (C=O) groups excluding carboxylic acids is 2. The first-order chi connectivity index (χ1) is 26.4. The number of nitrogens with two attached hydrogens (primary N) is 1. The van der Waals surface area contributed by atoms with E-state index in [2.05, 4.69) is 36.7 Å². The Balaban J connectivity index is 0.981. The van der Waals surface area contributed by atoms with Crippen LogP contribution in [0.2, 0.25) is 0 Å². The number of nitrogen functional groups attached to an aromatic ring is 1. The number of benzene rings is 2. The topological polar surface area (TPSA) is 161 Å². The van der Waals surface area contributed by atoms with E-state index < -0.39 is 38.9 Å². The summed E-state index contributed by atoms with van der Waals surface area (Å²) < 4.78 is 58.6. The number of nitrogens with zero attached hydrogens (tertiary/aromatic N) is 6. The molecule has 0 bridgehead atoms. The second-order valence-electron chi connectivity index (χ2n) is 14.0. The molecule has 288 valence electrons. The maximum absolute atomic E-state index is 15.6. The molecule has 3 aromatic heterocycles. The van der Waals surface area contributed by atoms with Crippen LogP contribution < -0.4 is 20.3 Å². The van der Waals surface area contributed by atoms with Gasteiger partial charge in [-0.25, -0.2) is 18.7 Å². The lowest BCUT2D eigenvalue weighted by atomic mass is 9.93. The van der Waals surface area contributed by atoms with E-state index in [0.717, 1.165) is 61.0 Å². The lowest BCUT2D eigenvalue weighted by Crippen LogP contribution is -2.51. The van der Waals surface area contributed by atoms with Gasteiger partial charge < -0.3 is 25.4 Å². The Labute approximate surface area is 318 Å². The Bertz CT molecular complexity index is 2310. The highest BCUT2D eigenvalue weighted by Crippen LogP contribution is 2.31. The van der Waals surface area contributed by atoms with Crippen molar-refractivity contribution in [2.75, 3.05) is 73.1 Å². The van der Waals surface area contributed by atoms with E-state index in [1.54, 1.807) is 25.4 Å². The normalized spacial score (nSPS) is 15.7. The van der Waals surface area contributed by atoms with Crippen LogP contribution in [0.15, 0.2) is 73.2 Å². The molecule has 0 saturated carbocycles. The van der Waals surface area contributed by atoms with Gasteiger partial charge in [-0.2, -0.15) is 12.7 Å². The van der Waals surface area contributed by atoms with Crippen molar-refractivity contribution < 1.29 is 26.8 Å². The van der Waals surface area contributed by atoms with Gasteiger partial charge in [0.05, 0.1) is 17.8 Å². The van der Waals surface area contributed by atoms with Gasteiger partial charge in [0.2, 0.25) is 11.7 Å². The monoisotopic (exact) mass is 771 g/mol. The fourth-order valence-corrected chi connectivity index (χ4v) is 8.03. The number of aromatic amines is 1. The van der Waals surface area contributed by atoms with Crippen LogP contribution in [0.1, 0.15) is 42.1 Å². The largest absolute Gasteiger partial charge is 0.399 e. The number of H-pyrrole nitrogens is 1. The first kappa shape index (κ1) is 37.7. The number of carbonyl (C=O) groups is 2. The SMILES string of the molecule is CCN(C)S(=O)(=O)Nc1ccc(F)c(C(=O)c2c[nH]c3ncc(-c4ccc(N5CCN(CCC6CCN(c7ccc(N)cc7)CC6)C(=O)C5)nc4)cc23)c1F. The fraction of sp³-hybridized carbons (Fsp3) is 0.333. The molecule has 7 rings (SSSR count). The molecule has 0 aliphatic carbocycles. The molecule has 0 spiro atoms. The van der Waals surface area contributed by atoms with E-state index in [4.69, 9.17) is 5.73 Å². The maximum Gasteiger partial charge on any atom is 0.301 e. The molecule has 1 amide bonds. The van der Waals surface area contributed by atoms with Crippen LogP contribution in [-0.4, -0.2) is 97.1 Å². The first-order valence-corrected chi connectivity index (χ1v) is 19.7. The summed E-state index contributed by atoms with van der Waals surface area (Å²) in [7, 11) is -2.84. The van der Waals surface area contributed by atoms with Gasteiger partial charge in [-0.1, -0.05) is 6.92 Å². The number of amides is 1. The molecule has 2 aliphatic heterocycles. The number of nitrogens with one attached hydrogen (secondary N) is 2. The van der Waals surface area contributed by atoms with Gasteiger partial charge in [-0.15, -0.1) is 0 Å². The molecule has 5 aromatic rings. The Morgan fingerprint density at radius 3 is 2.42 bits per heavy atom. The Morgan fingerprint density at radius 2 is 1.73 bits per heavy atom. The van der Waals surface area contributed by atoms with Crippen molar-refractivity contribution in [3.05, 3.63) is 95.9 Å². The summed E-state index contributed by atoms with van der Waals surface area (Å²) in [4.78, 5) is 45.0. The molecule has 2 aromatic carbocycles. The standard InChI is InChI=1S/C39H43F2N9O4S/c1-3-47(2)55(53,54)46-33-10-9-32(40)36(37(33)41)38(52)31-23-45-39-30(31)20-27(22-44-39)26-4-11-34(43-21-26)50-19-18-49(35(51)24-50)17-14-25-12-15-48(16-13-25)29-7-5-28(42)6-8-29/h4-11,20-23,25,46H,3,12-19,24,42H2,1-2H3,(H,44,45). The minimum absolute atomic E-state index is 0.0441. The van der Waals surface area contributed by atoms with Crippen LogP contribution in [0.4, 0.5) is 31.7 Å². The summed E-state index contributed by atoms with van der Waals surface area (Å²) >= 11 is 0. The molecule has 4 N–H and O–H groups in total. The van der Waals surface area contributed by atoms with Crippen molar-refractivity contribution in [2.24, 2.45) is 5.92 Å². The van der Waals surface area contributed by atoms with E-state index in [9.17, 15) is 22.4 Å². The zero-order chi connectivity index (χ0) is 38.9. The third kappa shape index (κ3) is 7.96. The predicted molar refractivity (Wildman–Crippen MR) is 209 cm³/mol. The van der Waals surface area contributed by atoms with E-state index in [0.29, 0.717) is 47.0 Å². The van der Waals surface area contributed by atoms with Gasteiger partial charge in [0.1, 0.15) is 17.3 Å². The fourth-order valence-electron chi connectivity index (χ4n) is 7.10. The van der Waals surface area contributed by atoms with Gasteiger partial charge in [-0.05, 0) is 79.8 Å². The number of ketones is 1. The molecule has 2 aliphatic rings. The summed E-state index contributed by atoms with van der Waals surface area (Å²) in [5.41, 5.74) is 7.90. The number of hydrogen-bond donors (Lipinski definition) is 3.